The Hall–Kier alpha value is -2.77. The van der Waals surface area contributed by atoms with E-state index in [1.165, 1.54) is 10.6 Å². The third kappa shape index (κ3) is 3.90. The molecule has 28 heavy (non-hydrogen) atoms. The van der Waals surface area contributed by atoms with E-state index in [-0.39, 0.29) is 5.78 Å². The molecule has 1 saturated heterocycles. The van der Waals surface area contributed by atoms with Crippen LogP contribution in [-0.2, 0) is 6.67 Å². The number of anilines is 1. The second-order valence-electron chi connectivity index (χ2n) is 7.12. The summed E-state index contributed by atoms with van der Waals surface area (Å²) >= 11 is 5.62. The van der Waals surface area contributed by atoms with Crippen LogP contribution in [0, 0.1) is 4.77 Å². The maximum Gasteiger partial charge on any atom is 0.207 e. The van der Waals surface area contributed by atoms with Crippen molar-refractivity contribution < 1.29 is 9.69 Å². The van der Waals surface area contributed by atoms with Gasteiger partial charge >= 0.3 is 0 Å². The maximum atomic E-state index is 11.4. The molecule has 6 nitrogen and oxygen atoms in total. The molecule has 0 aliphatic carbocycles. The lowest BCUT2D eigenvalue weighted by atomic mass is 10.1. The largest absolute Gasteiger partial charge is 0.360 e. The van der Waals surface area contributed by atoms with Crippen molar-refractivity contribution in [2.45, 2.75) is 13.6 Å². The second kappa shape index (κ2) is 8.08. The summed E-state index contributed by atoms with van der Waals surface area (Å²) in [6, 6.07) is 18.0. The highest BCUT2D eigenvalue weighted by atomic mass is 32.1. The third-order valence-electron chi connectivity index (χ3n) is 5.25. The smallest absolute Gasteiger partial charge is 0.207 e. The van der Waals surface area contributed by atoms with Crippen molar-refractivity contribution in [3.05, 3.63) is 71.3 Å². The SMILES string of the molecule is CC(=O)c1ccc(N2CC[NH+](Cn3ncn(-c4ccccc4)c3=S)CC2)cc1. The van der Waals surface area contributed by atoms with Crippen molar-refractivity contribution in [3.8, 4) is 5.69 Å². The molecule has 0 unspecified atom stereocenters. The molecule has 0 saturated carbocycles. The summed E-state index contributed by atoms with van der Waals surface area (Å²) < 4.78 is 4.58. The minimum absolute atomic E-state index is 0.104. The number of carbonyl (C=O) groups excluding carboxylic acids is 1. The van der Waals surface area contributed by atoms with E-state index in [0.717, 1.165) is 48.9 Å². The molecule has 1 fully saturated rings. The van der Waals surface area contributed by atoms with Crippen LogP contribution in [0.25, 0.3) is 5.69 Å². The number of hydrogen-bond acceptors (Lipinski definition) is 4. The number of nitrogens with one attached hydrogen (secondary N) is 1. The highest BCUT2D eigenvalue weighted by Gasteiger charge is 2.21. The Morgan fingerprint density at radius 1 is 1.04 bits per heavy atom. The topological polar surface area (TPSA) is 47.5 Å². The van der Waals surface area contributed by atoms with Gasteiger partial charge in [0.25, 0.3) is 0 Å². The van der Waals surface area contributed by atoms with Crippen LogP contribution in [0.1, 0.15) is 17.3 Å². The molecule has 0 amide bonds. The number of hydrogen-bond donors (Lipinski definition) is 1. The number of nitrogens with zero attached hydrogens (tertiary/aromatic N) is 4. The lowest BCUT2D eigenvalue weighted by molar-refractivity contribution is -0.924. The fourth-order valence-electron chi connectivity index (χ4n) is 3.57. The molecule has 0 radical (unpaired) electrons. The van der Waals surface area contributed by atoms with Crippen LogP contribution < -0.4 is 9.80 Å². The lowest BCUT2D eigenvalue weighted by Gasteiger charge is -2.33. The fourth-order valence-corrected chi connectivity index (χ4v) is 3.83. The van der Waals surface area contributed by atoms with E-state index in [9.17, 15) is 4.79 Å². The monoisotopic (exact) mass is 394 g/mol. The third-order valence-corrected chi connectivity index (χ3v) is 5.66. The van der Waals surface area contributed by atoms with Gasteiger partial charge in [0.2, 0.25) is 4.77 Å². The fraction of sp³-hybridized carbons (Fsp3) is 0.286. The van der Waals surface area contributed by atoms with Gasteiger partial charge in [-0.25, -0.2) is 0 Å². The Morgan fingerprint density at radius 2 is 1.71 bits per heavy atom. The van der Waals surface area contributed by atoms with Crippen LogP contribution in [0.15, 0.2) is 60.9 Å². The van der Waals surface area contributed by atoms with E-state index in [1.807, 2.05) is 63.8 Å². The molecule has 0 bridgehead atoms. The number of ketones is 1. The van der Waals surface area contributed by atoms with Crippen LogP contribution in [0.2, 0.25) is 0 Å². The van der Waals surface area contributed by atoms with Crippen molar-refractivity contribution >= 4 is 23.7 Å². The average molecular weight is 395 g/mol. The molecule has 1 aromatic heterocycles. The van der Waals surface area contributed by atoms with Gasteiger partial charge in [-0.05, 0) is 55.5 Å². The predicted molar refractivity (Wildman–Crippen MR) is 112 cm³/mol. The van der Waals surface area contributed by atoms with Crippen LogP contribution in [0.3, 0.4) is 0 Å². The standard InChI is InChI=1S/C21H23N5OS/c1-17(27)18-7-9-19(10-8-18)24-13-11-23(12-14-24)16-26-21(28)25(15-22-26)20-5-3-2-4-6-20/h2-10,15H,11-14,16H2,1H3/p+1. The van der Waals surface area contributed by atoms with Crippen LogP contribution >= 0.6 is 12.2 Å². The molecule has 1 aliphatic heterocycles. The van der Waals surface area contributed by atoms with E-state index in [1.54, 1.807) is 13.3 Å². The molecule has 0 atom stereocenters. The average Bonchev–Trinajstić information content (AvgIpc) is 3.09. The molecule has 0 spiro atoms. The van der Waals surface area contributed by atoms with Gasteiger partial charge < -0.3 is 9.80 Å². The van der Waals surface area contributed by atoms with E-state index < -0.39 is 0 Å². The number of aromatic nitrogens is 3. The zero-order valence-electron chi connectivity index (χ0n) is 15.9. The molecule has 2 heterocycles. The van der Waals surface area contributed by atoms with E-state index in [4.69, 9.17) is 12.2 Å². The number of Topliss-reactive ketones (excluding diaryl/α,β-unsaturated/α-hetero) is 1. The van der Waals surface area contributed by atoms with Crippen molar-refractivity contribution in [1.29, 1.82) is 0 Å². The minimum Gasteiger partial charge on any atom is -0.360 e. The number of para-hydroxylation sites is 1. The Morgan fingerprint density at radius 3 is 2.36 bits per heavy atom. The van der Waals surface area contributed by atoms with Crippen LogP contribution in [0.4, 0.5) is 5.69 Å². The van der Waals surface area contributed by atoms with Gasteiger partial charge in [0.05, 0.1) is 26.2 Å². The zero-order valence-corrected chi connectivity index (χ0v) is 16.7. The number of quaternary nitrogens is 1. The number of piperazine rings is 1. The minimum atomic E-state index is 0.104. The molecule has 1 N–H and O–H groups in total. The lowest BCUT2D eigenvalue weighted by Crippen LogP contribution is -3.14. The van der Waals surface area contributed by atoms with Gasteiger partial charge in [0.15, 0.2) is 12.5 Å². The Kier molecular flexibility index (Phi) is 5.36. The van der Waals surface area contributed by atoms with Crippen molar-refractivity contribution in [1.82, 2.24) is 14.3 Å². The summed E-state index contributed by atoms with van der Waals surface area (Å²) in [5, 5.41) is 4.50. The Bertz CT molecular complexity index is 1000. The van der Waals surface area contributed by atoms with Crippen molar-refractivity contribution in [2.75, 3.05) is 31.1 Å². The quantitative estimate of drug-likeness (QED) is 0.531. The van der Waals surface area contributed by atoms with Crippen molar-refractivity contribution in [3.63, 3.8) is 0 Å². The second-order valence-corrected chi connectivity index (χ2v) is 7.48. The van der Waals surface area contributed by atoms with E-state index >= 15 is 0 Å². The molecular formula is C21H24N5OS+. The summed E-state index contributed by atoms with van der Waals surface area (Å²) in [4.78, 5) is 15.3. The first-order valence-electron chi connectivity index (χ1n) is 9.51. The van der Waals surface area contributed by atoms with Gasteiger partial charge in [-0.15, -0.1) is 0 Å². The molecule has 2 aromatic carbocycles. The number of carbonyl (C=O) groups is 1. The zero-order chi connectivity index (χ0) is 19.5. The molecule has 7 heteroatoms. The summed E-state index contributed by atoms with van der Waals surface area (Å²) in [7, 11) is 0. The predicted octanol–water partition coefficient (Wildman–Crippen LogP) is 1.97. The van der Waals surface area contributed by atoms with Crippen molar-refractivity contribution in [2.24, 2.45) is 0 Å². The first-order chi connectivity index (χ1) is 13.6. The van der Waals surface area contributed by atoms with Gasteiger partial charge in [-0.2, -0.15) is 9.78 Å². The summed E-state index contributed by atoms with van der Waals surface area (Å²) in [6.07, 6.45) is 1.80. The molecule has 4 rings (SSSR count). The van der Waals surface area contributed by atoms with Crippen LogP contribution in [-0.4, -0.2) is 46.3 Å². The Balaban J connectivity index is 1.38. The van der Waals surface area contributed by atoms with Gasteiger partial charge in [-0.3, -0.25) is 9.36 Å². The van der Waals surface area contributed by atoms with Gasteiger partial charge in [-0.1, -0.05) is 18.2 Å². The molecular weight excluding hydrogens is 370 g/mol. The van der Waals surface area contributed by atoms with Gasteiger partial charge in [0.1, 0.15) is 6.33 Å². The van der Waals surface area contributed by atoms with E-state index in [0.29, 0.717) is 0 Å². The Labute approximate surface area is 169 Å². The molecule has 1 aliphatic rings. The normalized spacial score (nSPS) is 15.0. The van der Waals surface area contributed by atoms with Gasteiger partial charge in [0, 0.05) is 16.9 Å². The van der Waals surface area contributed by atoms with Crippen LogP contribution in [0.5, 0.6) is 0 Å². The summed E-state index contributed by atoms with van der Waals surface area (Å²) in [5.74, 6) is 0.104. The molecule has 144 valence electrons. The highest BCUT2D eigenvalue weighted by molar-refractivity contribution is 7.71. The number of benzene rings is 2. The van der Waals surface area contributed by atoms with E-state index in [2.05, 4.69) is 10.00 Å². The maximum absolute atomic E-state index is 11.4. The first-order valence-corrected chi connectivity index (χ1v) is 9.92. The molecule has 3 aromatic rings. The first kappa shape index (κ1) is 18.6. The highest BCUT2D eigenvalue weighted by Crippen LogP contribution is 2.15. The summed E-state index contributed by atoms with van der Waals surface area (Å²) in [5.41, 5.74) is 2.97. The number of rotatable bonds is 5. The summed E-state index contributed by atoms with van der Waals surface area (Å²) in [6.45, 7) is 6.36.